The third-order valence-corrected chi connectivity index (χ3v) is 6.41. The van der Waals surface area contributed by atoms with Gasteiger partial charge in [-0.15, -0.1) is 0 Å². The van der Waals surface area contributed by atoms with Gasteiger partial charge in [-0.1, -0.05) is 36.4 Å². The molecule has 0 saturated carbocycles. The largest absolute Gasteiger partial charge is 0.348 e. The van der Waals surface area contributed by atoms with Crippen LogP contribution >= 0.6 is 0 Å². The lowest BCUT2D eigenvalue weighted by Crippen LogP contribution is -2.24. The van der Waals surface area contributed by atoms with Gasteiger partial charge in [0.15, 0.2) is 0 Å². The number of carbonyl (C=O) groups is 1. The first-order valence-corrected chi connectivity index (χ1v) is 11.8. The molecule has 6 nitrogen and oxygen atoms in total. The van der Waals surface area contributed by atoms with E-state index in [0.29, 0.717) is 34.5 Å². The summed E-state index contributed by atoms with van der Waals surface area (Å²) in [7, 11) is 0. The molecule has 1 N–H and O–H groups in total. The van der Waals surface area contributed by atoms with Crippen molar-refractivity contribution in [2.24, 2.45) is 0 Å². The van der Waals surface area contributed by atoms with Crippen LogP contribution in [0, 0.1) is 6.92 Å². The number of aromatic nitrogens is 2. The maximum Gasteiger partial charge on any atom is 0.265 e. The third-order valence-electron chi connectivity index (χ3n) is 6.41. The number of benzene rings is 3. The minimum Gasteiger partial charge on any atom is -0.348 e. The SMILES string of the molecule is Cc1nc2ccccc2c(=O)n1-c1ccc(C(=O)NCc2ccc(CN3CCCC3)cc2)cc1. The van der Waals surface area contributed by atoms with Crippen molar-refractivity contribution in [3.63, 3.8) is 0 Å². The number of carbonyl (C=O) groups excluding carboxylic acids is 1. The molecule has 1 saturated heterocycles. The fourth-order valence-corrected chi connectivity index (χ4v) is 4.56. The second-order valence-corrected chi connectivity index (χ2v) is 8.85. The highest BCUT2D eigenvalue weighted by molar-refractivity contribution is 5.94. The number of para-hydroxylation sites is 1. The van der Waals surface area contributed by atoms with Gasteiger partial charge in [0, 0.05) is 18.7 Å². The monoisotopic (exact) mass is 452 g/mol. The Hall–Kier alpha value is -3.77. The van der Waals surface area contributed by atoms with E-state index in [2.05, 4.69) is 39.5 Å². The maximum absolute atomic E-state index is 13.0. The summed E-state index contributed by atoms with van der Waals surface area (Å²) >= 11 is 0. The van der Waals surface area contributed by atoms with Crippen molar-refractivity contribution in [3.8, 4) is 5.69 Å². The lowest BCUT2D eigenvalue weighted by atomic mass is 10.1. The summed E-state index contributed by atoms with van der Waals surface area (Å²) in [4.78, 5) is 32.7. The number of nitrogens with zero attached hydrogens (tertiary/aromatic N) is 3. The Morgan fingerprint density at radius 3 is 2.32 bits per heavy atom. The van der Waals surface area contributed by atoms with Gasteiger partial charge >= 0.3 is 0 Å². The first-order chi connectivity index (χ1) is 16.6. The number of likely N-dealkylation sites (tertiary alicyclic amines) is 1. The van der Waals surface area contributed by atoms with Crippen LogP contribution in [0.1, 0.15) is 40.2 Å². The molecular formula is C28H28N4O2. The number of aryl methyl sites for hydroxylation is 1. The molecule has 1 fully saturated rings. The lowest BCUT2D eigenvalue weighted by molar-refractivity contribution is 0.0951. The molecule has 34 heavy (non-hydrogen) atoms. The molecule has 172 valence electrons. The summed E-state index contributed by atoms with van der Waals surface area (Å²) in [5, 5.41) is 3.55. The van der Waals surface area contributed by atoms with E-state index in [1.54, 1.807) is 34.9 Å². The van der Waals surface area contributed by atoms with Crippen molar-refractivity contribution >= 4 is 16.8 Å². The molecule has 1 aromatic heterocycles. The van der Waals surface area contributed by atoms with E-state index in [1.807, 2.05) is 25.1 Å². The summed E-state index contributed by atoms with van der Waals surface area (Å²) in [5.41, 5.74) is 4.18. The van der Waals surface area contributed by atoms with Gasteiger partial charge in [0.1, 0.15) is 5.82 Å². The highest BCUT2D eigenvalue weighted by Crippen LogP contribution is 2.15. The standard InChI is InChI=1S/C28H28N4O2/c1-20-30-26-7-3-2-6-25(26)28(34)32(20)24-14-12-23(13-15-24)27(33)29-18-21-8-10-22(11-9-21)19-31-16-4-5-17-31/h2-3,6-15H,4-5,16-19H2,1H3,(H,29,33). The molecule has 0 radical (unpaired) electrons. The van der Waals surface area contributed by atoms with Crippen LogP contribution < -0.4 is 10.9 Å². The van der Waals surface area contributed by atoms with Crippen molar-refractivity contribution in [2.45, 2.75) is 32.9 Å². The van der Waals surface area contributed by atoms with E-state index in [9.17, 15) is 9.59 Å². The van der Waals surface area contributed by atoms with Crippen LogP contribution in [0.3, 0.4) is 0 Å². The normalized spacial score (nSPS) is 13.9. The quantitative estimate of drug-likeness (QED) is 0.476. The molecule has 0 bridgehead atoms. The van der Waals surface area contributed by atoms with Crippen LogP contribution in [0.15, 0.2) is 77.6 Å². The molecule has 2 heterocycles. The molecule has 1 aliphatic heterocycles. The number of rotatable bonds is 6. The van der Waals surface area contributed by atoms with Gasteiger partial charge in [0.25, 0.3) is 11.5 Å². The number of hydrogen-bond acceptors (Lipinski definition) is 4. The van der Waals surface area contributed by atoms with E-state index in [4.69, 9.17) is 0 Å². The molecule has 0 atom stereocenters. The summed E-state index contributed by atoms with van der Waals surface area (Å²) in [6, 6.07) is 22.8. The molecule has 0 aliphatic carbocycles. The predicted molar refractivity (Wildman–Crippen MR) is 134 cm³/mol. The maximum atomic E-state index is 13.0. The lowest BCUT2D eigenvalue weighted by Gasteiger charge is -2.14. The first kappa shape index (κ1) is 22.0. The molecule has 5 rings (SSSR count). The van der Waals surface area contributed by atoms with E-state index in [-0.39, 0.29) is 11.5 Å². The Labute approximate surface area is 198 Å². The van der Waals surface area contributed by atoms with Crippen LogP contribution in [0.5, 0.6) is 0 Å². The Morgan fingerprint density at radius 1 is 0.912 bits per heavy atom. The molecule has 1 amide bonds. The van der Waals surface area contributed by atoms with Gasteiger partial charge in [0.05, 0.1) is 16.6 Å². The van der Waals surface area contributed by atoms with Crippen molar-refractivity contribution in [1.29, 1.82) is 0 Å². The molecule has 4 aromatic rings. The van der Waals surface area contributed by atoms with E-state index < -0.39 is 0 Å². The average Bonchev–Trinajstić information content (AvgIpc) is 3.37. The minimum atomic E-state index is -0.145. The Morgan fingerprint density at radius 2 is 1.59 bits per heavy atom. The zero-order valence-electron chi connectivity index (χ0n) is 19.3. The predicted octanol–water partition coefficient (Wildman–Crippen LogP) is 4.22. The van der Waals surface area contributed by atoms with Crippen molar-refractivity contribution in [2.75, 3.05) is 13.1 Å². The first-order valence-electron chi connectivity index (χ1n) is 11.8. The fraction of sp³-hybridized carbons (Fsp3) is 0.250. The van der Waals surface area contributed by atoms with Gasteiger partial charge in [-0.05, 0) is 80.4 Å². The smallest absolute Gasteiger partial charge is 0.265 e. The number of amides is 1. The number of hydrogen-bond donors (Lipinski definition) is 1. The van der Waals surface area contributed by atoms with Crippen LogP contribution in [-0.4, -0.2) is 33.4 Å². The molecule has 0 spiro atoms. The Bertz CT molecular complexity index is 1370. The fourth-order valence-electron chi connectivity index (χ4n) is 4.56. The van der Waals surface area contributed by atoms with Crippen LogP contribution in [-0.2, 0) is 13.1 Å². The molecular weight excluding hydrogens is 424 g/mol. The highest BCUT2D eigenvalue weighted by atomic mass is 16.1. The average molecular weight is 453 g/mol. The molecule has 0 unspecified atom stereocenters. The van der Waals surface area contributed by atoms with Crippen molar-refractivity contribution in [3.05, 3.63) is 106 Å². The highest BCUT2D eigenvalue weighted by Gasteiger charge is 2.13. The topological polar surface area (TPSA) is 67.2 Å². The second-order valence-electron chi connectivity index (χ2n) is 8.85. The van der Waals surface area contributed by atoms with E-state index in [1.165, 1.54) is 31.5 Å². The summed E-state index contributed by atoms with van der Waals surface area (Å²) in [6.45, 7) is 5.64. The van der Waals surface area contributed by atoms with Crippen LogP contribution in [0.25, 0.3) is 16.6 Å². The van der Waals surface area contributed by atoms with Crippen molar-refractivity contribution in [1.82, 2.24) is 19.8 Å². The molecule has 6 heteroatoms. The zero-order chi connectivity index (χ0) is 23.5. The van der Waals surface area contributed by atoms with E-state index >= 15 is 0 Å². The van der Waals surface area contributed by atoms with Crippen LogP contribution in [0.4, 0.5) is 0 Å². The van der Waals surface area contributed by atoms with Gasteiger partial charge < -0.3 is 5.32 Å². The Balaban J connectivity index is 1.25. The molecule has 1 aliphatic rings. The summed E-state index contributed by atoms with van der Waals surface area (Å²) < 4.78 is 1.58. The second kappa shape index (κ2) is 9.61. The van der Waals surface area contributed by atoms with Gasteiger partial charge in [-0.3, -0.25) is 19.1 Å². The van der Waals surface area contributed by atoms with Crippen LogP contribution in [0.2, 0.25) is 0 Å². The third kappa shape index (κ3) is 4.63. The van der Waals surface area contributed by atoms with Gasteiger partial charge in [0.2, 0.25) is 0 Å². The molecule has 3 aromatic carbocycles. The Kier molecular flexibility index (Phi) is 6.23. The van der Waals surface area contributed by atoms with Crippen molar-refractivity contribution < 1.29 is 4.79 Å². The zero-order valence-corrected chi connectivity index (χ0v) is 19.3. The van der Waals surface area contributed by atoms with E-state index in [0.717, 1.165) is 12.1 Å². The number of nitrogens with one attached hydrogen (secondary N) is 1. The van der Waals surface area contributed by atoms with Gasteiger partial charge in [-0.25, -0.2) is 4.98 Å². The summed E-state index contributed by atoms with van der Waals surface area (Å²) in [6.07, 6.45) is 2.58. The van der Waals surface area contributed by atoms with Gasteiger partial charge in [-0.2, -0.15) is 0 Å². The minimum absolute atomic E-state index is 0.117. The summed E-state index contributed by atoms with van der Waals surface area (Å²) in [5.74, 6) is 0.461. The number of fused-ring (bicyclic) bond motifs is 1.